The zero-order valence-electron chi connectivity index (χ0n) is 7.55. The summed E-state index contributed by atoms with van der Waals surface area (Å²) in [5, 5.41) is 0.685. The van der Waals surface area contributed by atoms with Gasteiger partial charge in [0.1, 0.15) is 5.75 Å². The molecule has 14 heavy (non-hydrogen) atoms. The van der Waals surface area contributed by atoms with E-state index in [4.69, 9.17) is 0 Å². The third kappa shape index (κ3) is 1.55. The molecule has 0 aliphatic rings. The number of ether oxygens (including phenoxy) is 1. The van der Waals surface area contributed by atoms with Crippen molar-refractivity contribution in [3.8, 4) is 5.75 Å². The number of fused-ring (bicyclic) bond motifs is 1. The molecule has 1 heterocycles. The highest BCUT2D eigenvalue weighted by molar-refractivity contribution is 5.86. The molecule has 4 heteroatoms. The number of H-pyrrole nitrogens is 1. The number of rotatable bonds is 2. The minimum atomic E-state index is -2.78. The number of hydrogen-bond acceptors (Lipinski definition) is 1. The van der Waals surface area contributed by atoms with E-state index >= 15 is 0 Å². The van der Waals surface area contributed by atoms with Crippen LogP contribution < -0.4 is 4.74 Å². The van der Waals surface area contributed by atoms with Gasteiger partial charge in [-0.05, 0) is 25.1 Å². The van der Waals surface area contributed by atoms with Crippen LogP contribution in [0.5, 0.6) is 5.75 Å². The molecule has 0 spiro atoms. The van der Waals surface area contributed by atoms with Crippen LogP contribution in [0.4, 0.5) is 8.78 Å². The van der Waals surface area contributed by atoms with Gasteiger partial charge in [0.15, 0.2) is 0 Å². The summed E-state index contributed by atoms with van der Waals surface area (Å²) in [6, 6.07) is 6.81. The van der Waals surface area contributed by atoms with Crippen molar-refractivity contribution >= 4 is 10.9 Å². The van der Waals surface area contributed by atoms with Crippen LogP contribution in [0.15, 0.2) is 24.3 Å². The van der Waals surface area contributed by atoms with Gasteiger partial charge in [-0.2, -0.15) is 8.78 Å². The highest BCUT2D eigenvalue weighted by atomic mass is 19.3. The Balaban J connectivity index is 2.53. The summed E-state index contributed by atoms with van der Waals surface area (Å²) in [4.78, 5) is 3.05. The lowest BCUT2D eigenvalue weighted by atomic mass is 10.2. The van der Waals surface area contributed by atoms with Crippen LogP contribution in [0, 0.1) is 6.92 Å². The third-order valence-electron chi connectivity index (χ3n) is 1.97. The fraction of sp³-hybridized carbons (Fsp3) is 0.200. The van der Waals surface area contributed by atoms with Crippen LogP contribution in [0.1, 0.15) is 5.69 Å². The molecule has 0 radical (unpaired) electrons. The maximum atomic E-state index is 12.0. The number of benzene rings is 1. The average Bonchev–Trinajstić information content (AvgIpc) is 2.45. The first kappa shape index (κ1) is 8.99. The van der Waals surface area contributed by atoms with Gasteiger partial charge in [-0.1, -0.05) is 6.07 Å². The molecule has 1 aromatic heterocycles. The summed E-state index contributed by atoms with van der Waals surface area (Å²) in [6.07, 6.45) is 0. The molecule has 0 unspecified atom stereocenters. The van der Waals surface area contributed by atoms with Crippen LogP contribution >= 0.6 is 0 Å². The van der Waals surface area contributed by atoms with Crippen LogP contribution in [0.2, 0.25) is 0 Å². The standard InChI is InChI=1S/C10H9F2NO/c1-6-5-7-8(13-6)3-2-4-9(7)14-10(11)12/h2-5,10,13H,1H3. The van der Waals surface area contributed by atoms with E-state index in [2.05, 4.69) is 9.72 Å². The predicted octanol–water partition coefficient (Wildman–Crippen LogP) is 3.08. The Bertz CT molecular complexity index is 450. The van der Waals surface area contributed by atoms with Crippen molar-refractivity contribution < 1.29 is 13.5 Å². The first-order valence-corrected chi connectivity index (χ1v) is 4.20. The number of aromatic nitrogens is 1. The summed E-state index contributed by atoms with van der Waals surface area (Å²) in [7, 11) is 0. The Hall–Kier alpha value is -1.58. The van der Waals surface area contributed by atoms with Crippen molar-refractivity contribution in [3.63, 3.8) is 0 Å². The maximum absolute atomic E-state index is 12.0. The first-order valence-electron chi connectivity index (χ1n) is 4.20. The lowest BCUT2D eigenvalue weighted by Crippen LogP contribution is -2.01. The minimum absolute atomic E-state index is 0.210. The molecule has 0 atom stereocenters. The molecular weight excluding hydrogens is 188 g/mol. The maximum Gasteiger partial charge on any atom is 0.387 e. The van der Waals surface area contributed by atoms with Gasteiger partial charge in [-0.15, -0.1) is 0 Å². The molecule has 0 fully saturated rings. The average molecular weight is 197 g/mol. The number of aromatic amines is 1. The Morgan fingerprint density at radius 2 is 2.14 bits per heavy atom. The highest BCUT2D eigenvalue weighted by Gasteiger charge is 2.08. The van der Waals surface area contributed by atoms with Gasteiger partial charge in [-0.25, -0.2) is 0 Å². The van der Waals surface area contributed by atoms with E-state index in [0.29, 0.717) is 5.39 Å². The fourth-order valence-corrected chi connectivity index (χ4v) is 1.47. The van der Waals surface area contributed by atoms with E-state index in [0.717, 1.165) is 11.2 Å². The van der Waals surface area contributed by atoms with E-state index < -0.39 is 6.61 Å². The third-order valence-corrected chi connectivity index (χ3v) is 1.97. The normalized spacial score (nSPS) is 11.1. The van der Waals surface area contributed by atoms with Gasteiger partial charge in [0.25, 0.3) is 0 Å². The lowest BCUT2D eigenvalue weighted by Gasteiger charge is -2.04. The number of halogens is 2. The van der Waals surface area contributed by atoms with Gasteiger partial charge in [-0.3, -0.25) is 0 Å². The van der Waals surface area contributed by atoms with Gasteiger partial charge in [0, 0.05) is 16.6 Å². The van der Waals surface area contributed by atoms with Crippen LogP contribution in [-0.2, 0) is 0 Å². The molecule has 74 valence electrons. The molecule has 0 saturated heterocycles. The van der Waals surface area contributed by atoms with Crippen LogP contribution in [0.25, 0.3) is 10.9 Å². The summed E-state index contributed by atoms with van der Waals surface area (Å²) >= 11 is 0. The van der Waals surface area contributed by atoms with E-state index in [-0.39, 0.29) is 5.75 Å². The fourth-order valence-electron chi connectivity index (χ4n) is 1.47. The van der Waals surface area contributed by atoms with E-state index in [1.807, 2.05) is 13.0 Å². The molecule has 0 amide bonds. The molecule has 2 aromatic rings. The second kappa shape index (κ2) is 3.29. The molecular formula is C10H9F2NO. The topological polar surface area (TPSA) is 25.0 Å². The minimum Gasteiger partial charge on any atom is -0.434 e. The Morgan fingerprint density at radius 3 is 2.86 bits per heavy atom. The van der Waals surface area contributed by atoms with Crippen molar-refractivity contribution in [2.75, 3.05) is 0 Å². The summed E-state index contributed by atoms with van der Waals surface area (Å²) in [5.41, 5.74) is 1.73. The number of alkyl halides is 2. The molecule has 0 saturated carbocycles. The largest absolute Gasteiger partial charge is 0.434 e. The van der Waals surface area contributed by atoms with Gasteiger partial charge < -0.3 is 9.72 Å². The molecule has 0 aliphatic carbocycles. The van der Waals surface area contributed by atoms with Crippen molar-refractivity contribution in [2.24, 2.45) is 0 Å². The monoisotopic (exact) mass is 197 g/mol. The summed E-state index contributed by atoms with van der Waals surface area (Å²) in [5.74, 6) is 0.210. The molecule has 1 N–H and O–H groups in total. The second-order valence-corrected chi connectivity index (χ2v) is 3.05. The lowest BCUT2D eigenvalue weighted by molar-refractivity contribution is -0.0487. The smallest absolute Gasteiger partial charge is 0.387 e. The highest BCUT2D eigenvalue weighted by Crippen LogP contribution is 2.27. The van der Waals surface area contributed by atoms with Crippen LogP contribution in [-0.4, -0.2) is 11.6 Å². The van der Waals surface area contributed by atoms with E-state index in [1.54, 1.807) is 12.1 Å². The zero-order chi connectivity index (χ0) is 10.1. The Labute approximate surface area is 79.5 Å². The molecule has 2 nitrogen and oxygen atoms in total. The van der Waals surface area contributed by atoms with Crippen LogP contribution in [0.3, 0.4) is 0 Å². The van der Waals surface area contributed by atoms with Crippen molar-refractivity contribution in [1.82, 2.24) is 4.98 Å². The second-order valence-electron chi connectivity index (χ2n) is 3.05. The quantitative estimate of drug-likeness (QED) is 0.786. The zero-order valence-corrected chi connectivity index (χ0v) is 7.55. The molecule has 2 rings (SSSR count). The summed E-state index contributed by atoms with van der Waals surface area (Å²) in [6.45, 7) is -0.914. The van der Waals surface area contributed by atoms with Gasteiger partial charge >= 0.3 is 6.61 Å². The number of nitrogens with one attached hydrogen (secondary N) is 1. The van der Waals surface area contributed by atoms with Crippen molar-refractivity contribution in [2.45, 2.75) is 13.5 Å². The SMILES string of the molecule is Cc1cc2c(OC(F)F)cccc2[nH]1. The van der Waals surface area contributed by atoms with Crippen molar-refractivity contribution in [1.29, 1.82) is 0 Å². The van der Waals surface area contributed by atoms with Gasteiger partial charge in [0.05, 0.1) is 0 Å². The summed E-state index contributed by atoms with van der Waals surface area (Å²) < 4.78 is 28.4. The molecule has 1 aromatic carbocycles. The molecule has 0 bridgehead atoms. The Morgan fingerprint density at radius 1 is 1.36 bits per heavy atom. The van der Waals surface area contributed by atoms with E-state index in [9.17, 15) is 8.78 Å². The Kier molecular flexibility index (Phi) is 2.11. The molecule has 0 aliphatic heterocycles. The van der Waals surface area contributed by atoms with E-state index in [1.165, 1.54) is 6.07 Å². The first-order chi connectivity index (χ1) is 6.66. The van der Waals surface area contributed by atoms with Gasteiger partial charge in [0.2, 0.25) is 0 Å². The predicted molar refractivity (Wildman–Crippen MR) is 49.7 cm³/mol. The number of aryl methyl sites for hydroxylation is 1. The van der Waals surface area contributed by atoms with Crippen molar-refractivity contribution in [3.05, 3.63) is 30.0 Å². The number of hydrogen-bond donors (Lipinski definition) is 1.